The molecule has 108 valence electrons. The minimum Gasteiger partial charge on any atom is -0.354 e. The van der Waals surface area contributed by atoms with Crippen LogP contribution in [0.15, 0.2) is 24.3 Å². The van der Waals surface area contributed by atoms with Crippen LogP contribution in [0.4, 0.5) is 0 Å². The van der Waals surface area contributed by atoms with E-state index in [-0.39, 0.29) is 17.9 Å². The van der Waals surface area contributed by atoms with Crippen LogP contribution in [0, 0.1) is 0 Å². The molecule has 1 heterocycles. The van der Waals surface area contributed by atoms with Gasteiger partial charge in [0, 0.05) is 13.0 Å². The number of rotatable bonds is 6. The summed E-state index contributed by atoms with van der Waals surface area (Å²) in [5.41, 5.74) is 2.58. The van der Waals surface area contributed by atoms with Gasteiger partial charge in [-0.3, -0.25) is 9.59 Å². The Bertz CT molecular complexity index is 468. The van der Waals surface area contributed by atoms with E-state index in [1.165, 1.54) is 11.1 Å². The van der Waals surface area contributed by atoms with Crippen LogP contribution in [0.25, 0.3) is 0 Å². The summed E-state index contributed by atoms with van der Waals surface area (Å²) in [4.78, 5) is 22.8. The SMILES string of the molecule is CCCc1ccc(CCNC(=O)C2CCC(=O)N2)cc1. The Labute approximate surface area is 119 Å². The molecule has 4 nitrogen and oxygen atoms in total. The Morgan fingerprint density at radius 3 is 2.45 bits per heavy atom. The van der Waals surface area contributed by atoms with E-state index in [1.54, 1.807) is 0 Å². The lowest BCUT2D eigenvalue weighted by atomic mass is 10.1. The first kappa shape index (κ1) is 14.6. The summed E-state index contributed by atoms with van der Waals surface area (Å²) in [5, 5.41) is 5.55. The quantitative estimate of drug-likeness (QED) is 0.827. The molecule has 1 atom stereocenters. The number of carbonyl (C=O) groups excluding carboxylic acids is 2. The Balaban J connectivity index is 1.72. The highest BCUT2D eigenvalue weighted by atomic mass is 16.2. The molecule has 1 aliphatic rings. The predicted octanol–water partition coefficient (Wildman–Crippen LogP) is 1.58. The smallest absolute Gasteiger partial charge is 0.242 e. The summed E-state index contributed by atoms with van der Waals surface area (Å²) in [5.74, 6) is -0.102. The Morgan fingerprint density at radius 2 is 1.90 bits per heavy atom. The summed E-state index contributed by atoms with van der Waals surface area (Å²) in [6, 6.07) is 8.20. The molecule has 0 radical (unpaired) electrons. The summed E-state index contributed by atoms with van der Waals surface area (Å²) in [6.45, 7) is 2.78. The third-order valence-corrected chi connectivity index (χ3v) is 3.59. The topological polar surface area (TPSA) is 58.2 Å². The van der Waals surface area contributed by atoms with Gasteiger partial charge in [0.15, 0.2) is 0 Å². The van der Waals surface area contributed by atoms with Gasteiger partial charge in [-0.05, 0) is 30.4 Å². The largest absolute Gasteiger partial charge is 0.354 e. The van der Waals surface area contributed by atoms with Crippen molar-refractivity contribution in [2.24, 2.45) is 0 Å². The van der Waals surface area contributed by atoms with E-state index in [4.69, 9.17) is 0 Å². The summed E-state index contributed by atoms with van der Waals surface area (Å²) in [6.07, 6.45) is 4.15. The zero-order valence-corrected chi connectivity index (χ0v) is 11.9. The number of benzene rings is 1. The molecule has 2 amide bonds. The lowest BCUT2D eigenvalue weighted by Crippen LogP contribution is -2.42. The molecule has 1 saturated heterocycles. The van der Waals surface area contributed by atoms with Gasteiger partial charge in [0.25, 0.3) is 0 Å². The van der Waals surface area contributed by atoms with Gasteiger partial charge in [-0.2, -0.15) is 0 Å². The number of hydrogen-bond donors (Lipinski definition) is 2. The van der Waals surface area contributed by atoms with E-state index in [1.807, 2.05) is 0 Å². The summed E-state index contributed by atoms with van der Waals surface area (Å²) in [7, 11) is 0. The van der Waals surface area contributed by atoms with Gasteiger partial charge < -0.3 is 10.6 Å². The van der Waals surface area contributed by atoms with Crippen LogP contribution >= 0.6 is 0 Å². The third kappa shape index (κ3) is 4.08. The van der Waals surface area contributed by atoms with E-state index >= 15 is 0 Å². The van der Waals surface area contributed by atoms with Gasteiger partial charge in [-0.25, -0.2) is 0 Å². The van der Waals surface area contributed by atoms with Crippen molar-refractivity contribution in [3.8, 4) is 0 Å². The molecule has 1 fully saturated rings. The Kier molecular flexibility index (Phi) is 5.16. The second-order valence-electron chi connectivity index (χ2n) is 5.27. The molecule has 1 unspecified atom stereocenters. The maximum Gasteiger partial charge on any atom is 0.242 e. The average molecular weight is 274 g/mol. The number of nitrogens with one attached hydrogen (secondary N) is 2. The molecule has 4 heteroatoms. The van der Waals surface area contributed by atoms with E-state index in [2.05, 4.69) is 41.8 Å². The van der Waals surface area contributed by atoms with Crippen LogP contribution in [-0.4, -0.2) is 24.4 Å². The first-order valence-corrected chi connectivity index (χ1v) is 7.34. The Hall–Kier alpha value is -1.84. The number of hydrogen-bond acceptors (Lipinski definition) is 2. The molecule has 0 bridgehead atoms. The first-order valence-electron chi connectivity index (χ1n) is 7.34. The van der Waals surface area contributed by atoms with Gasteiger partial charge >= 0.3 is 0 Å². The minimum absolute atomic E-state index is 0.0309. The molecule has 2 N–H and O–H groups in total. The molecular formula is C16H22N2O2. The zero-order valence-electron chi connectivity index (χ0n) is 11.9. The van der Waals surface area contributed by atoms with E-state index < -0.39 is 0 Å². The van der Waals surface area contributed by atoms with Crippen molar-refractivity contribution in [3.63, 3.8) is 0 Å². The highest BCUT2D eigenvalue weighted by Crippen LogP contribution is 2.08. The normalized spacial score (nSPS) is 17.9. The van der Waals surface area contributed by atoms with Crippen molar-refractivity contribution < 1.29 is 9.59 Å². The van der Waals surface area contributed by atoms with Gasteiger partial charge in [0.1, 0.15) is 6.04 Å². The van der Waals surface area contributed by atoms with E-state index in [9.17, 15) is 9.59 Å². The molecule has 1 aromatic rings. The van der Waals surface area contributed by atoms with Crippen molar-refractivity contribution in [2.45, 2.75) is 45.1 Å². The fraction of sp³-hybridized carbons (Fsp3) is 0.500. The summed E-state index contributed by atoms with van der Waals surface area (Å²) >= 11 is 0. The number of aryl methyl sites for hydroxylation is 1. The van der Waals surface area contributed by atoms with E-state index in [0.29, 0.717) is 19.4 Å². The van der Waals surface area contributed by atoms with Crippen LogP contribution in [0.1, 0.15) is 37.3 Å². The zero-order chi connectivity index (χ0) is 14.4. The van der Waals surface area contributed by atoms with Crippen LogP contribution < -0.4 is 10.6 Å². The molecule has 0 aromatic heterocycles. The molecule has 0 spiro atoms. The molecule has 0 saturated carbocycles. The van der Waals surface area contributed by atoms with Crippen molar-refractivity contribution in [3.05, 3.63) is 35.4 Å². The van der Waals surface area contributed by atoms with Gasteiger partial charge in [0.2, 0.25) is 11.8 Å². The molecule has 1 aliphatic heterocycles. The highest BCUT2D eigenvalue weighted by molar-refractivity contribution is 5.90. The van der Waals surface area contributed by atoms with Crippen molar-refractivity contribution >= 4 is 11.8 Å². The van der Waals surface area contributed by atoms with Crippen molar-refractivity contribution in [2.75, 3.05) is 6.54 Å². The maximum absolute atomic E-state index is 11.8. The van der Waals surface area contributed by atoms with Gasteiger partial charge in [-0.15, -0.1) is 0 Å². The lowest BCUT2D eigenvalue weighted by Gasteiger charge is -2.11. The van der Waals surface area contributed by atoms with Crippen molar-refractivity contribution in [1.82, 2.24) is 10.6 Å². The maximum atomic E-state index is 11.8. The van der Waals surface area contributed by atoms with Gasteiger partial charge in [-0.1, -0.05) is 37.6 Å². The fourth-order valence-corrected chi connectivity index (χ4v) is 2.43. The second-order valence-corrected chi connectivity index (χ2v) is 5.27. The molecule has 20 heavy (non-hydrogen) atoms. The second kappa shape index (κ2) is 7.08. The first-order chi connectivity index (χ1) is 9.69. The molecule has 0 aliphatic carbocycles. The monoisotopic (exact) mass is 274 g/mol. The summed E-state index contributed by atoms with van der Waals surface area (Å²) < 4.78 is 0. The van der Waals surface area contributed by atoms with Crippen LogP contribution in [0.3, 0.4) is 0 Å². The van der Waals surface area contributed by atoms with Crippen LogP contribution in [0.2, 0.25) is 0 Å². The van der Waals surface area contributed by atoms with Crippen molar-refractivity contribution in [1.29, 1.82) is 0 Å². The van der Waals surface area contributed by atoms with Gasteiger partial charge in [0.05, 0.1) is 0 Å². The standard InChI is InChI=1S/C16H22N2O2/c1-2-3-12-4-6-13(7-5-12)10-11-17-16(20)14-8-9-15(19)18-14/h4-7,14H,2-3,8-11H2,1H3,(H,17,20)(H,18,19). The van der Waals surface area contributed by atoms with E-state index in [0.717, 1.165) is 19.3 Å². The molecular weight excluding hydrogens is 252 g/mol. The van der Waals surface area contributed by atoms with Crippen LogP contribution in [-0.2, 0) is 22.4 Å². The number of amides is 2. The third-order valence-electron chi connectivity index (χ3n) is 3.59. The number of carbonyl (C=O) groups is 2. The average Bonchev–Trinajstić information content (AvgIpc) is 2.88. The predicted molar refractivity (Wildman–Crippen MR) is 78.3 cm³/mol. The Morgan fingerprint density at radius 1 is 1.25 bits per heavy atom. The minimum atomic E-state index is -0.338. The highest BCUT2D eigenvalue weighted by Gasteiger charge is 2.26. The fourth-order valence-electron chi connectivity index (χ4n) is 2.43. The molecule has 1 aromatic carbocycles. The lowest BCUT2D eigenvalue weighted by molar-refractivity contribution is -0.125. The molecule has 2 rings (SSSR count). The van der Waals surface area contributed by atoms with Crippen LogP contribution in [0.5, 0.6) is 0 Å².